The van der Waals surface area contributed by atoms with E-state index < -0.39 is 0 Å². The second kappa shape index (κ2) is 8.87. The number of rotatable bonds is 7. The molecule has 2 aromatic carbocycles. The van der Waals surface area contributed by atoms with Gasteiger partial charge in [0.05, 0.1) is 35.6 Å². The fourth-order valence-electron chi connectivity index (χ4n) is 3.43. The van der Waals surface area contributed by atoms with Gasteiger partial charge >= 0.3 is 5.97 Å². The van der Waals surface area contributed by atoms with Gasteiger partial charge in [0.1, 0.15) is 0 Å². The number of benzene rings is 2. The molecule has 146 valence electrons. The van der Waals surface area contributed by atoms with Crippen molar-refractivity contribution >= 4 is 22.6 Å². The lowest BCUT2D eigenvalue weighted by Gasteiger charge is -2.24. The van der Waals surface area contributed by atoms with Crippen LogP contribution in [0.1, 0.15) is 54.7 Å². The van der Waals surface area contributed by atoms with Gasteiger partial charge in [-0.25, -0.2) is 4.79 Å². The van der Waals surface area contributed by atoms with Crippen LogP contribution in [0.15, 0.2) is 54.7 Å². The number of pyridine rings is 1. The van der Waals surface area contributed by atoms with Crippen LogP contribution < -0.4 is 5.32 Å². The standard InChI is InChI=1S/C24H28N2O2/c1-5-28-24(27)19-12-10-18(11-13-19)22(14-16(2)3)26-23-15-25-21-9-7-6-8-20(21)17(23)4/h6-13,15-16,22,26H,5,14H2,1-4H3/t22-/m1/s1. The summed E-state index contributed by atoms with van der Waals surface area (Å²) >= 11 is 0. The van der Waals surface area contributed by atoms with Crippen LogP contribution in [0.3, 0.4) is 0 Å². The van der Waals surface area contributed by atoms with Crippen LogP contribution in [0, 0.1) is 12.8 Å². The van der Waals surface area contributed by atoms with E-state index in [1.165, 1.54) is 5.56 Å². The number of hydrogen-bond donors (Lipinski definition) is 1. The van der Waals surface area contributed by atoms with Crippen molar-refractivity contribution in [2.24, 2.45) is 5.92 Å². The molecule has 4 nitrogen and oxygen atoms in total. The van der Waals surface area contributed by atoms with Crippen molar-refractivity contribution < 1.29 is 9.53 Å². The first-order chi connectivity index (χ1) is 13.5. The van der Waals surface area contributed by atoms with Crippen LogP contribution in [0.5, 0.6) is 0 Å². The average Bonchev–Trinajstić information content (AvgIpc) is 2.69. The molecule has 1 atom stereocenters. The lowest BCUT2D eigenvalue weighted by molar-refractivity contribution is 0.0526. The number of ether oxygens (including phenoxy) is 1. The zero-order valence-corrected chi connectivity index (χ0v) is 17.0. The maximum absolute atomic E-state index is 11.9. The van der Waals surface area contributed by atoms with Gasteiger partial charge in [-0.1, -0.05) is 44.2 Å². The molecule has 4 heteroatoms. The van der Waals surface area contributed by atoms with E-state index in [2.05, 4.69) is 37.1 Å². The normalized spacial score (nSPS) is 12.2. The van der Waals surface area contributed by atoms with Crippen molar-refractivity contribution in [1.82, 2.24) is 4.98 Å². The molecular weight excluding hydrogens is 348 g/mol. The van der Waals surface area contributed by atoms with E-state index >= 15 is 0 Å². The minimum atomic E-state index is -0.281. The minimum Gasteiger partial charge on any atom is -0.462 e. The highest BCUT2D eigenvalue weighted by Gasteiger charge is 2.16. The van der Waals surface area contributed by atoms with Crippen LogP contribution in [-0.2, 0) is 4.74 Å². The van der Waals surface area contributed by atoms with E-state index in [-0.39, 0.29) is 12.0 Å². The molecule has 28 heavy (non-hydrogen) atoms. The fraction of sp³-hybridized carbons (Fsp3) is 0.333. The van der Waals surface area contributed by atoms with Crippen molar-refractivity contribution in [2.45, 2.75) is 40.2 Å². The SMILES string of the molecule is CCOC(=O)c1ccc([C@@H](CC(C)C)Nc2cnc3ccccc3c2C)cc1. The molecule has 0 saturated heterocycles. The number of aryl methyl sites for hydroxylation is 1. The van der Waals surface area contributed by atoms with Gasteiger partial charge < -0.3 is 10.1 Å². The number of aromatic nitrogens is 1. The number of carbonyl (C=O) groups is 1. The summed E-state index contributed by atoms with van der Waals surface area (Å²) in [6.07, 6.45) is 2.89. The molecule has 3 aromatic rings. The Hall–Kier alpha value is -2.88. The van der Waals surface area contributed by atoms with E-state index in [9.17, 15) is 4.79 Å². The molecule has 0 amide bonds. The topological polar surface area (TPSA) is 51.2 Å². The summed E-state index contributed by atoms with van der Waals surface area (Å²) in [6, 6.07) is 16.0. The molecule has 0 aliphatic rings. The molecule has 3 rings (SSSR count). The molecule has 1 heterocycles. The van der Waals surface area contributed by atoms with Gasteiger partial charge in [-0.2, -0.15) is 0 Å². The van der Waals surface area contributed by atoms with Gasteiger partial charge in [-0.15, -0.1) is 0 Å². The molecular formula is C24H28N2O2. The van der Waals surface area contributed by atoms with Crippen molar-refractivity contribution in [2.75, 3.05) is 11.9 Å². The third kappa shape index (κ3) is 4.50. The van der Waals surface area contributed by atoms with Gasteiger partial charge in [0, 0.05) is 5.39 Å². The maximum Gasteiger partial charge on any atom is 0.338 e. The summed E-state index contributed by atoms with van der Waals surface area (Å²) in [5.41, 5.74) is 4.97. The molecule has 0 spiro atoms. The van der Waals surface area contributed by atoms with E-state index in [0.29, 0.717) is 18.1 Å². The monoisotopic (exact) mass is 376 g/mol. The minimum absolute atomic E-state index is 0.137. The molecule has 1 N–H and O–H groups in total. The summed E-state index contributed by atoms with van der Waals surface area (Å²) in [6.45, 7) is 8.75. The number of carbonyl (C=O) groups excluding carboxylic acids is 1. The third-order valence-corrected chi connectivity index (χ3v) is 4.91. The van der Waals surface area contributed by atoms with Gasteiger partial charge in [0.15, 0.2) is 0 Å². The largest absolute Gasteiger partial charge is 0.462 e. The van der Waals surface area contributed by atoms with Gasteiger partial charge in [0.25, 0.3) is 0 Å². The number of para-hydroxylation sites is 1. The van der Waals surface area contributed by atoms with E-state index in [1.54, 1.807) is 0 Å². The molecule has 0 fully saturated rings. The number of anilines is 1. The highest BCUT2D eigenvalue weighted by Crippen LogP contribution is 2.30. The van der Waals surface area contributed by atoms with Crippen molar-refractivity contribution in [1.29, 1.82) is 0 Å². The Kier molecular flexibility index (Phi) is 6.30. The quantitative estimate of drug-likeness (QED) is 0.520. The lowest BCUT2D eigenvalue weighted by atomic mass is 9.95. The van der Waals surface area contributed by atoms with Crippen molar-refractivity contribution in [3.8, 4) is 0 Å². The first-order valence-corrected chi connectivity index (χ1v) is 9.87. The Morgan fingerprint density at radius 2 is 1.82 bits per heavy atom. The Labute approximate surface area is 166 Å². The Bertz CT molecular complexity index is 948. The maximum atomic E-state index is 11.9. The molecule has 0 unspecified atom stereocenters. The van der Waals surface area contributed by atoms with Crippen LogP contribution in [0.4, 0.5) is 5.69 Å². The van der Waals surface area contributed by atoms with Crippen molar-refractivity contribution in [3.05, 3.63) is 71.4 Å². The molecule has 0 aliphatic heterocycles. The van der Waals surface area contributed by atoms with Crippen LogP contribution in [0.25, 0.3) is 10.9 Å². The third-order valence-electron chi connectivity index (χ3n) is 4.91. The van der Waals surface area contributed by atoms with Crippen LogP contribution >= 0.6 is 0 Å². The first-order valence-electron chi connectivity index (χ1n) is 9.87. The molecule has 0 aliphatic carbocycles. The van der Waals surface area contributed by atoms with Crippen LogP contribution in [0.2, 0.25) is 0 Å². The van der Waals surface area contributed by atoms with Gasteiger partial charge in [0.2, 0.25) is 0 Å². The number of fused-ring (bicyclic) bond motifs is 1. The Morgan fingerprint density at radius 3 is 2.50 bits per heavy atom. The van der Waals surface area contributed by atoms with E-state index in [0.717, 1.165) is 28.6 Å². The smallest absolute Gasteiger partial charge is 0.338 e. The van der Waals surface area contributed by atoms with Gasteiger partial charge in [-0.3, -0.25) is 4.98 Å². The summed E-state index contributed by atoms with van der Waals surface area (Å²) in [4.78, 5) is 16.5. The average molecular weight is 377 g/mol. The summed E-state index contributed by atoms with van der Waals surface area (Å²) in [5.74, 6) is 0.243. The highest BCUT2D eigenvalue weighted by atomic mass is 16.5. The van der Waals surface area contributed by atoms with Crippen molar-refractivity contribution in [3.63, 3.8) is 0 Å². The number of nitrogens with one attached hydrogen (secondary N) is 1. The van der Waals surface area contributed by atoms with E-state index in [1.807, 2.05) is 55.6 Å². The second-order valence-electron chi connectivity index (χ2n) is 7.48. The summed E-state index contributed by atoms with van der Waals surface area (Å²) in [5, 5.41) is 4.84. The summed E-state index contributed by atoms with van der Waals surface area (Å²) in [7, 11) is 0. The highest BCUT2D eigenvalue weighted by molar-refractivity contribution is 5.89. The zero-order chi connectivity index (χ0) is 20.1. The molecule has 0 bridgehead atoms. The second-order valence-corrected chi connectivity index (χ2v) is 7.48. The van der Waals surface area contributed by atoms with E-state index in [4.69, 9.17) is 4.74 Å². The number of hydrogen-bond acceptors (Lipinski definition) is 4. The number of esters is 1. The lowest BCUT2D eigenvalue weighted by Crippen LogP contribution is -2.15. The zero-order valence-electron chi connectivity index (χ0n) is 17.0. The summed E-state index contributed by atoms with van der Waals surface area (Å²) < 4.78 is 5.08. The predicted octanol–water partition coefficient (Wildman–Crippen LogP) is 5.92. The molecule has 1 aromatic heterocycles. The van der Waals surface area contributed by atoms with Crippen LogP contribution in [-0.4, -0.2) is 17.6 Å². The Balaban J connectivity index is 1.89. The molecule has 0 radical (unpaired) electrons. The fourth-order valence-corrected chi connectivity index (χ4v) is 3.43. The first kappa shape index (κ1) is 19.9. The number of nitrogens with zero attached hydrogens (tertiary/aromatic N) is 1. The molecule has 0 saturated carbocycles. The Morgan fingerprint density at radius 1 is 1.11 bits per heavy atom. The van der Waals surface area contributed by atoms with Gasteiger partial charge in [-0.05, 0) is 55.5 Å². The predicted molar refractivity (Wildman–Crippen MR) is 115 cm³/mol.